The third-order valence-electron chi connectivity index (χ3n) is 5.84. The van der Waals surface area contributed by atoms with Gasteiger partial charge in [-0.1, -0.05) is 23.7 Å². The average molecular weight is 389 g/mol. The Labute approximate surface area is 164 Å². The fourth-order valence-electron chi connectivity index (χ4n) is 4.35. The molecule has 0 bridgehead atoms. The Morgan fingerprint density at radius 2 is 1.93 bits per heavy atom. The van der Waals surface area contributed by atoms with Crippen molar-refractivity contribution < 1.29 is 14.9 Å². The molecule has 2 aliphatic rings. The number of rotatable bonds is 3. The van der Waals surface area contributed by atoms with Gasteiger partial charge in [0.1, 0.15) is 0 Å². The van der Waals surface area contributed by atoms with Gasteiger partial charge in [0.05, 0.1) is 12.2 Å². The summed E-state index contributed by atoms with van der Waals surface area (Å²) in [6, 6.07) is 11.3. The zero-order chi connectivity index (χ0) is 19.0. The van der Waals surface area contributed by atoms with E-state index in [0.717, 1.165) is 47.8 Å². The molecular weight excluding hydrogens is 364 g/mol. The number of aromatic hydroxyl groups is 2. The van der Waals surface area contributed by atoms with E-state index >= 15 is 0 Å². The molecule has 2 aromatic carbocycles. The van der Waals surface area contributed by atoms with Crippen molar-refractivity contribution in [1.82, 2.24) is 0 Å². The molecule has 2 aromatic rings. The molecule has 4 rings (SSSR count). The first-order chi connectivity index (χ1) is 13.1. The maximum atomic E-state index is 10.3. The van der Waals surface area contributed by atoms with Crippen LogP contribution in [0, 0.1) is 5.92 Å². The molecule has 0 aromatic heterocycles. The number of anilines is 1. The molecule has 1 saturated heterocycles. The van der Waals surface area contributed by atoms with Crippen LogP contribution in [-0.4, -0.2) is 36.0 Å². The third kappa shape index (κ3) is 3.59. The largest absolute Gasteiger partial charge is 0.504 e. The number of nitrogens with two attached hydrogens (primary N) is 1. The van der Waals surface area contributed by atoms with Gasteiger partial charge in [-0.3, -0.25) is 0 Å². The molecule has 2 atom stereocenters. The maximum Gasteiger partial charge on any atom is 0.161 e. The molecule has 4 N–H and O–H groups in total. The summed E-state index contributed by atoms with van der Waals surface area (Å²) in [5, 5.41) is 20.9. The first-order valence-corrected chi connectivity index (χ1v) is 9.84. The normalized spacial score (nSPS) is 23.3. The number of phenolic OH excluding ortho intramolecular Hbond substituents is 2. The molecule has 0 amide bonds. The summed E-state index contributed by atoms with van der Waals surface area (Å²) in [6.07, 6.45) is 2.37. The van der Waals surface area contributed by atoms with E-state index in [1.165, 1.54) is 6.07 Å². The van der Waals surface area contributed by atoms with E-state index in [-0.39, 0.29) is 23.7 Å². The SMILES string of the molecule is NCC1OC(C2CCN(c3cccc(Cl)c3)CC2)Cc2c1ccc(O)c2O. The molecule has 2 unspecified atom stereocenters. The second-order valence-electron chi connectivity index (χ2n) is 7.41. The van der Waals surface area contributed by atoms with Crippen molar-refractivity contribution in [3.8, 4) is 11.5 Å². The number of hydrogen-bond donors (Lipinski definition) is 3. The highest BCUT2D eigenvalue weighted by Gasteiger charge is 2.35. The van der Waals surface area contributed by atoms with Gasteiger partial charge in [0.25, 0.3) is 0 Å². The minimum absolute atomic E-state index is 0.000242. The summed E-state index contributed by atoms with van der Waals surface area (Å²) in [4.78, 5) is 2.35. The van der Waals surface area contributed by atoms with Crippen molar-refractivity contribution in [2.45, 2.75) is 31.5 Å². The van der Waals surface area contributed by atoms with E-state index in [2.05, 4.69) is 11.0 Å². The molecule has 0 aliphatic carbocycles. The van der Waals surface area contributed by atoms with Crippen LogP contribution in [0.4, 0.5) is 5.69 Å². The lowest BCUT2D eigenvalue weighted by Crippen LogP contribution is -2.42. The first-order valence-electron chi connectivity index (χ1n) is 9.46. The zero-order valence-corrected chi connectivity index (χ0v) is 15.9. The predicted molar refractivity (Wildman–Crippen MR) is 107 cm³/mol. The standard InChI is InChI=1S/C21H25ClN2O3/c22-14-2-1-3-15(10-14)24-8-6-13(7-9-24)19-11-17-16(20(12-23)27-19)4-5-18(25)21(17)26/h1-5,10,13,19-20,25-26H,6-9,11-12,23H2. The lowest BCUT2D eigenvalue weighted by atomic mass is 9.83. The van der Waals surface area contributed by atoms with Gasteiger partial charge in [-0.25, -0.2) is 0 Å². The molecule has 27 heavy (non-hydrogen) atoms. The predicted octanol–water partition coefficient (Wildman–Crippen LogP) is 3.61. The Morgan fingerprint density at radius 3 is 2.63 bits per heavy atom. The van der Waals surface area contributed by atoms with Crippen LogP contribution in [-0.2, 0) is 11.2 Å². The number of nitrogens with zero attached hydrogens (tertiary/aromatic N) is 1. The Bertz CT molecular complexity index is 821. The van der Waals surface area contributed by atoms with Crippen LogP contribution in [0.15, 0.2) is 36.4 Å². The minimum atomic E-state index is -0.240. The van der Waals surface area contributed by atoms with Crippen LogP contribution in [0.25, 0.3) is 0 Å². The third-order valence-corrected chi connectivity index (χ3v) is 6.08. The summed E-state index contributed by atoms with van der Waals surface area (Å²) < 4.78 is 6.30. The van der Waals surface area contributed by atoms with E-state index in [0.29, 0.717) is 18.9 Å². The highest BCUT2D eigenvalue weighted by molar-refractivity contribution is 6.30. The Kier molecular flexibility index (Phi) is 5.17. The van der Waals surface area contributed by atoms with E-state index in [9.17, 15) is 10.2 Å². The van der Waals surface area contributed by atoms with Crippen molar-refractivity contribution in [1.29, 1.82) is 0 Å². The van der Waals surface area contributed by atoms with Crippen LogP contribution >= 0.6 is 11.6 Å². The Morgan fingerprint density at radius 1 is 1.15 bits per heavy atom. The fraction of sp³-hybridized carbons (Fsp3) is 0.429. The Balaban J connectivity index is 1.48. The number of hydrogen-bond acceptors (Lipinski definition) is 5. The molecule has 0 saturated carbocycles. The Hall–Kier alpha value is -1.95. The number of ether oxygens (including phenoxy) is 1. The lowest BCUT2D eigenvalue weighted by Gasteiger charge is -2.41. The molecule has 0 spiro atoms. The van der Waals surface area contributed by atoms with Gasteiger partial charge in [-0.15, -0.1) is 0 Å². The van der Waals surface area contributed by atoms with Crippen molar-refractivity contribution in [3.05, 3.63) is 52.5 Å². The fourth-order valence-corrected chi connectivity index (χ4v) is 4.54. The number of piperidine rings is 1. The van der Waals surface area contributed by atoms with Crippen molar-refractivity contribution in [3.63, 3.8) is 0 Å². The smallest absolute Gasteiger partial charge is 0.161 e. The van der Waals surface area contributed by atoms with Crippen molar-refractivity contribution in [2.75, 3.05) is 24.5 Å². The van der Waals surface area contributed by atoms with Crippen LogP contribution in [0.3, 0.4) is 0 Å². The van der Waals surface area contributed by atoms with Crippen LogP contribution in [0.1, 0.15) is 30.1 Å². The zero-order valence-electron chi connectivity index (χ0n) is 15.1. The van der Waals surface area contributed by atoms with Crippen LogP contribution in [0.5, 0.6) is 11.5 Å². The molecule has 6 heteroatoms. The van der Waals surface area contributed by atoms with E-state index < -0.39 is 0 Å². The van der Waals surface area contributed by atoms with Crippen LogP contribution in [0.2, 0.25) is 5.02 Å². The summed E-state index contributed by atoms with van der Waals surface area (Å²) in [5.41, 5.74) is 8.74. The van der Waals surface area contributed by atoms with Crippen molar-refractivity contribution >= 4 is 17.3 Å². The van der Waals surface area contributed by atoms with E-state index in [1.807, 2.05) is 18.2 Å². The minimum Gasteiger partial charge on any atom is -0.504 e. The molecular formula is C21H25ClN2O3. The number of halogens is 1. The molecule has 5 nitrogen and oxygen atoms in total. The van der Waals surface area contributed by atoms with Crippen molar-refractivity contribution in [2.24, 2.45) is 11.7 Å². The summed E-state index contributed by atoms with van der Waals surface area (Å²) in [5.74, 6) is 0.279. The second-order valence-corrected chi connectivity index (χ2v) is 7.84. The first kappa shape index (κ1) is 18.4. The van der Waals surface area contributed by atoms with Gasteiger partial charge < -0.3 is 25.6 Å². The van der Waals surface area contributed by atoms with Gasteiger partial charge in [0, 0.05) is 42.3 Å². The average Bonchev–Trinajstić information content (AvgIpc) is 2.70. The van der Waals surface area contributed by atoms with Gasteiger partial charge >= 0.3 is 0 Å². The highest BCUT2D eigenvalue weighted by atomic mass is 35.5. The summed E-state index contributed by atoms with van der Waals surface area (Å²) in [6.45, 7) is 2.24. The van der Waals surface area contributed by atoms with Gasteiger partial charge in [-0.2, -0.15) is 0 Å². The molecule has 1 fully saturated rings. The summed E-state index contributed by atoms with van der Waals surface area (Å²) in [7, 11) is 0. The summed E-state index contributed by atoms with van der Waals surface area (Å²) >= 11 is 6.12. The van der Waals surface area contributed by atoms with Gasteiger partial charge in [0.15, 0.2) is 11.5 Å². The highest BCUT2D eigenvalue weighted by Crippen LogP contribution is 2.42. The van der Waals surface area contributed by atoms with Crippen LogP contribution < -0.4 is 10.6 Å². The molecule has 2 aliphatic heterocycles. The second kappa shape index (κ2) is 7.58. The quantitative estimate of drug-likeness (QED) is 0.700. The molecule has 0 radical (unpaired) electrons. The van der Waals surface area contributed by atoms with Gasteiger partial charge in [0.2, 0.25) is 0 Å². The number of fused-ring (bicyclic) bond motifs is 1. The number of phenols is 2. The molecule has 144 valence electrons. The molecule has 2 heterocycles. The topological polar surface area (TPSA) is 79.0 Å². The van der Waals surface area contributed by atoms with E-state index in [4.69, 9.17) is 22.1 Å². The number of benzene rings is 2. The lowest BCUT2D eigenvalue weighted by molar-refractivity contribution is -0.0569. The van der Waals surface area contributed by atoms with Gasteiger partial charge in [-0.05, 0) is 48.6 Å². The monoisotopic (exact) mass is 388 g/mol. The maximum absolute atomic E-state index is 10.3. The van der Waals surface area contributed by atoms with E-state index in [1.54, 1.807) is 6.07 Å².